The van der Waals surface area contributed by atoms with Crippen LogP contribution in [-0.4, -0.2) is 36.3 Å². The van der Waals surface area contributed by atoms with Gasteiger partial charge in [0.15, 0.2) is 0 Å². The van der Waals surface area contributed by atoms with Crippen molar-refractivity contribution >= 4 is 0 Å². The molecule has 0 saturated carbocycles. The molecule has 0 aromatic carbocycles. The smallest absolute Gasteiger partial charge is 0.125 e. The van der Waals surface area contributed by atoms with Crippen LogP contribution in [0.2, 0.25) is 0 Å². The Morgan fingerprint density at radius 3 is 2.93 bits per heavy atom. The molecule has 1 heterocycles. The highest BCUT2D eigenvalue weighted by molar-refractivity contribution is 5.03. The van der Waals surface area contributed by atoms with Gasteiger partial charge < -0.3 is 10.1 Å². The van der Waals surface area contributed by atoms with Crippen LogP contribution < -0.4 is 5.32 Å². The predicted octanol–water partition coefficient (Wildman–Crippen LogP) is 0.952. The first kappa shape index (κ1) is 12.1. The van der Waals surface area contributed by atoms with Gasteiger partial charge in [-0.1, -0.05) is 6.92 Å². The van der Waals surface area contributed by atoms with Gasteiger partial charge in [-0.05, 0) is 19.5 Å². The average Bonchev–Trinajstić information content (AvgIpc) is 2.18. The minimum Gasteiger partial charge on any atom is -0.383 e. The van der Waals surface area contributed by atoms with Gasteiger partial charge in [0.05, 0.1) is 6.61 Å². The van der Waals surface area contributed by atoms with E-state index in [1.54, 1.807) is 13.3 Å². The number of aryl methyl sites for hydroxylation is 1. The fraction of sp³-hybridized carbons (Fsp3) is 0.636. The lowest BCUT2D eigenvalue weighted by atomic mass is 10.1. The Labute approximate surface area is 91.1 Å². The van der Waals surface area contributed by atoms with E-state index in [4.69, 9.17) is 4.74 Å². The van der Waals surface area contributed by atoms with Crippen molar-refractivity contribution in [3.63, 3.8) is 0 Å². The summed E-state index contributed by atoms with van der Waals surface area (Å²) in [7, 11) is 1.72. The molecule has 1 aromatic heterocycles. The third-order valence-electron chi connectivity index (χ3n) is 2.15. The molecule has 1 N–H and O–H groups in total. The molecular weight excluding hydrogens is 190 g/mol. The van der Waals surface area contributed by atoms with Crippen LogP contribution in [0.25, 0.3) is 0 Å². The van der Waals surface area contributed by atoms with E-state index in [2.05, 4.69) is 22.2 Å². The maximum absolute atomic E-state index is 5.15. The van der Waals surface area contributed by atoms with Crippen LogP contribution in [0.4, 0.5) is 0 Å². The number of hydrogen-bond donors (Lipinski definition) is 1. The van der Waals surface area contributed by atoms with Crippen molar-refractivity contribution in [1.82, 2.24) is 15.3 Å². The summed E-state index contributed by atoms with van der Waals surface area (Å²) in [5, 5.41) is 3.37. The van der Waals surface area contributed by atoms with Gasteiger partial charge in [-0.3, -0.25) is 0 Å². The van der Waals surface area contributed by atoms with Crippen LogP contribution in [0.15, 0.2) is 12.3 Å². The molecular formula is C11H19N3O. The van der Waals surface area contributed by atoms with Crippen molar-refractivity contribution in [1.29, 1.82) is 0 Å². The molecule has 15 heavy (non-hydrogen) atoms. The van der Waals surface area contributed by atoms with Crippen LogP contribution in [0.5, 0.6) is 0 Å². The van der Waals surface area contributed by atoms with Gasteiger partial charge in [-0.15, -0.1) is 0 Å². The third kappa shape index (κ3) is 4.36. The predicted molar refractivity (Wildman–Crippen MR) is 59.8 cm³/mol. The highest BCUT2D eigenvalue weighted by atomic mass is 16.5. The Bertz CT molecular complexity index is 285. The Morgan fingerprint density at radius 1 is 1.53 bits per heavy atom. The Balaban J connectivity index is 2.56. The molecule has 1 unspecified atom stereocenters. The molecule has 4 heteroatoms. The van der Waals surface area contributed by atoms with E-state index in [-0.39, 0.29) is 0 Å². The van der Waals surface area contributed by atoms with E-state index < -0.39 is 0 Å². The minimum atomic E-state index is 0.328. The molecule has 4 nitrogen and oxygen atoms in total. The van der Waals surface area contributed by atoms with Crippen molar-refractivity contribution in [2.24, 2.45) is 0 Å². The summed E-state index contributed by atoms with van der Waals surface area (Å²) < 4.78 is 5.15. The summed E-state index contributed by atoms with van der Waals surface area (Å²) in [6, 6.07) is 2.28. The normalized spacial score (nSPS) is 12.7. The summed E-state index contributed by atoms with van der Waals surface area (Å²) in [6.07, 6.45) is 2.68. The van der Waals surface area contributed by atoms with Crippen LogP contribution in [0.1, 0.15) is 18.4 Å². The summed E-state index contributed by atoms with van der Waals surface area (Å²) in [6.45, 7) is 5.64. The number of likely N-dealkylation sites (N-methyl/N-ethyl adjacent to an activating group) is 1. The zero-order valence-corrected chi connectivity index (χ0v) is 9.66. The zero-order chi connectivity index (χ0) is 11.1. The molecule has 0 aliphatic rings. The molecule has 0 fully saturated rings. The fourth-order valence-corrected chi connectivity index (χ4v) is 1.55. The number of nitrogens with one attached hydrogen (secondary N) is 1. The average molecular weight is 209 g/mol. The van der Waals surface area contributed by atoms with Gasteiger partial charge in [0, 0.05) is 31.5 Å². The first-order valence-electron chi connectivity index (χ1n) is 5.27. The molecule has 0 amide bonds. The quantitative estimate of drug-likeness (QED) is 0.758. The number of aromatic nitrogens is 2. The highest BCUT2D eigenvalue weighted by Gasteiger charge is 2.08. The van der Waals surface area contributed by atoms with E-state index in [9.17, 15) is 0 Å². The number of nitrogens with zero attached hydrogens (tertiary/aromatic N) is 2. The Hall–Kier alpha value is -1.00. The number of hydrogen-bond acceptors (Lipinski definition) is 4. The van der Waals surface area contributed by atoms with Crippen molar-refractivity contribution < 1.29 is 4.74 Å². The molecule has 84 valence electrons. The van der Waals surface area contributed by atoms with Crippen LogP contribution >= 0.6 is 0 Å². The Morgan fingerprint density at radius 2 is 2.33 bits per heavy atom. The number of methoxy groups -OCH3 is 1. The van der Waals surface area contributed by atoms with Crippen molar-refractivity contribution in [2.75, 3.05) is 20.3 Å². The second-order valence-electron chi connectivity index (χ2n) is 3.51. The molecule has 0 aliphatic carbocycles. The molecule has 1 aromatic rings. The van der Waals surface area contributed by atoms with E-state index >= 15 is 0 Å². The maximum Gasteiger partial charge on any atom is 0.125 e. The molecule has 0 spiro atoms. The van der Waals surface area contributed by atoms with Gasteiger partial charge in [0.25, 0.3) is 0 Å². The fourth-order valence-electron chi connectivity index (χ4n) is 1.55. The van der Waals surface area contributed by atoms with Gasteiger partial charge in [-0.2, -0.15) is 0 Å². The van der Waals surface area contributed by atoms with Crippen LogP contribution in [0.3, 0.4) is 0 Å². The van der Waals surface area contributed by atoms with E-state index in [0.29, 0.717) is 12.6 Å². The molecule has 0 saturated heterocycles. The molecule has 1 rings (SSSR count). The van der Waals surface area contributed by atoms with Gasteiger partial charge in [0.1, 0.15) is 5.82 Å². The number of ether oxygens (including phenoxy) is 1. The van der Waals surface area contributed by atoms with Gasteiger partial charge in [-0.25, -0.2) is 9.97 Å². The summed E-state index contributed by atoms with van der Waals surface area (Å²) in [5.74, 6) is 0.820. The highest BCUT2D eigenvalue weighted by Crippen LogP contribution is 2.00. The summed E-state index contributed by atoms with van der Waals surface area (Å²) >= 11 is 0. The first-order valence-corrected chi connectivity index (χ1v) is 5.27. The molecule has 0 radical (unpaired) electrons. The van der Waals surface area contributed by atoms with E-state index in [1.807, 2.05) is 13.0 Å². The SMILES string of the molecule is CCNC(COC)Cc1ccnc(C)n1. The monoisotopic (exact) mass is 209 g/mol. The van der Waals surface area contributed by atoms with E-state index in [0.717, 1.165) is 24.5 Å². The van der Waals surface area contributed by atoms with Crippen LogP contribution in [0, 0.1) is 6.92 Å². The van der Waals surface area contributed by atoms with Gasteiger partial charge >= 0.3 is 0 Å². The lowest BCUT2D eigenvalue weighted by Crippen LogP contribution is -2.35. The van der Waals surface area contributed by atoms with Crippen molar-refractivity contribution in [3.05, 3.63) is 23.8 Å². The zero-order valence-electron chi connectivity index (χ0n) is 9.66. The standard InChI is InChI=1S/C11H19N3O/c1-4-12-11(8-15-3)7-10-5-6-13-9(2)14-10/h5-6,11-12H,4,7-8H2,1-3H3. The lowest BCUT2D eigenvalue weighted by molar-refractivity contribution is 0.166. The Kier molecular flexibility index (Phi) is 5.21. The minimum absolute atomic E-state index is 0.328. The maximum atomic E-state index is 5.15. The van der Waals surface area contributed by atoms with Crippen LogP contribution in [-0.2, 0) is 11.2 Å². The first-order chi connectivity index (χ1) is 7.26. The molecule has 0 aliphatic heterocycles. The van der Waals surface area contributed by atoms with E-state index in [1.165, 1.54) is 0 Å². The third-order valence-corrected chi connectivity index (χ3v) is 2.15. The summed E-state index contributed by atoms with van der Waals surface area (Å²) in [5.41, 5.74) is 1.06. The summed E-state index contributed by atoms with van der Waals surface area (Å²) in [4.78, 5) is 8.45. The topological polar surface area (TPSA) is 47.0 Å². The van der Waals surface area contributed by atoms with Gasteiger partial charge in [0.2, 0.25) is 0 Å². The molecule has 1 atom stereocenters. The second kappa shape index (κ2) is 6.48. The lowest BCUT2D eigenvalue weighted by Gasteiger charge is -2.16. The molecule has 0 bridgehead atoms. The number of rotatable bonds is 6. The second-order valence-corrected chi connectivity index (χ2v) is 3.51. The van der Waals surface area contributed by atoms with Crippen molar-refractivity contribution in [3.8, 4) is 0 Å². The largest absolute Gasteiger partial charge is 0.383 e. The van der Waals surface area contributed by atoms with Crippen molar-refractivity contribution in [2.45, 2.75) is 26.3 Å².